The van der Waals surface area contributed by atoms with Crippen molar-refractivity contribution in [3.05, 3.63) is 17.0 Å². The summed E-state index contributed by atoms with van der Waals surface area (Å²) >= 11 is 3.38. The van der Waals surface area contributed by atoms with Gasteiger partial charge in [-0.1, -0.05) is 0 Å². The van der Waals surface area contributed by atoms with Crippen LogP contribution < -0.4 is 4.74 Å². The number of rotatable bonds is 3. The van der Waals surface area contributed by atoms with E-state index in [2.05, 4.69) is 44.3 Å². The average molecular weight is 321 g/mol. The molecule has 18 heavy (non-hydrogen) atoms. The van der Waals surface area contributed by atoms with Crippen LogP contribution in [0.15, 0.2) is 17.0 Å². The van der Waals surface area contributed by atoms with E-state index in [1.165, 1.54) is 0 Å². The first kappa shape index (κ1) is 16.0. The molecule has 6 heteroatoms. The zero-order valence-corrected chi connectivity index (χ0v) is 15.0. The van der Waals surface area contributed by atoms with Gasteiger partial charge >= 0.3 is 0 Å². The molecular weight excluding hydrogens is 305 g/mol. The number of fused-ring (bicyclic) bond motifs is 1. The number of halogens is 1. The normalized spacial score (nSPS) is 11.1. The number of aromatic nitrogens is 3. The first-order chi connectivity index (χ1) is 7.99. The van der Waals surface area contributed by atoms with Crippen LogP contribution in [0.2, 0.25) is 0 Å². The summed E-state index contributed by atoms with van der Waals surface area (Å²) in [6.45, 7) is 8.21. The minimum Gasteiger partial charge on any atom is -0.473 e. The third-order valence-electron chi connectivity index (χ3n) is 2.39. The smallest absolute Gasteiger partial charge is 0.241 e. The second-order valence-electron chi connectivity index (χ2n) is 4.53. The van der Waals surface area contributed by atoms with Crippen molar-refractivity contribution in [2.45, 2.75) is 39.8 Å². The third kappa shape index (κ3) is 3.26. The van der Waals surface area contributed by atoms with Crippen LogP contribution in [0.4, 0.5) is 0 Å². The maximum Gasteiger partial charge on any atom is 0.241 e. The molecule has 2 rings (SSSR count). The van der Waals surface area contributed by atoms with E-state index < -0.39 is 0 Å². The van der Waals surface area contributed by atoms with Gasteiger partial charge in [-0.15, -0.1) is 0 Å². The van der Waals surface area contributed by atoms with E-state index >= 15 is 0 Å². The van der Waals surface area contributed by atoms with E-state index in [0.29, 0.717) is 11.9 Å². The van der Waals surface area contributed by atoms with Crippen molar-refractivity contribution < 1.29 is 4.74 Å². The number of hydrogen-bond acceptors (Lipinski definition) is 3. The minimum atomic E-state index is 0. The van der Waals surface area contributed by atoms with Crippen LogP contribution in [0, 0.1) is 0 Å². The van der Waals surface area contributed by atoms with Crippen molar-refractivity contribution in [2.75, 3.05) is 0 Å². The predicted molar refractivity (Wildman–Crippen MR) is 77.1 cm³/mol. The van der Waals surface area contributed by atoms with Gasteiger partial charge in [0.2, 0.25) is 5.88 Å². The van der Waals surface area contributed by atoms with Crippen LogP contribution >= 0.6 is 15.9 Å². The minimum absolute atomic E-state index is 0. The van der Waals surface area contributed by atoms with Crippen LogP contribution in [0.1, 0.15) is 33.7 Å². The second kappa shape index (κ2) is 6.37. The molecule has 0 amide bonds. The van der Waals surface area contributed by atoms with Crippen LogP contribution in [-0.2, 0) is 0 Å². The van der Waals surface area contributed by atoms with Gasteiger partial charge < -0.3 is 9.30 Å². The molecular formula is C12H16BrN3NaO. The summed E-state index contributed by atoms with van der Waals surface area (Å²) in [6, 6.07) is 2.24. The Bertz CT molecular complexity index is 539. The van der Waals surface area contributed by atoms with Gasteiger partial charge in [-0.25, -0.2) is 9.97 Å². The Balaban J connectivity index is 0.00000162. The molecule has 2 aromatic heterocycles. The molecule has 0 aliphatic heterocycles. The van der Waals surface area contributed by atoms with Gasteiger partial charge in [0, 0.05) is 35.6 Å². The molecule has 0 atom stereocenters. The molecule has 0 fully saturated rings. The summed E-state index contributed by atoms with van der Waals surface area (Å²) in [7, 11) is 0. The summed E-state index contributed by atoms with van der Waals surface area (Å²) < 4.78 is 8.58. The first-order valence-electron chi connectivity index (χ1n) is 5.68. The summed E-state index contributed by atoms with van der Waals surface area (Å²) in [6.07, 6.45) is 1.92. The summed E-state index contributed by atoms with van der Waals surface area (Å²) in [5.74, 6) is 0.635. The Morgan fingerprint density at radius 1 is 1.28 bits per heavy atom. The molecule has 0 aromatic carbocycles. The van der Waals surface area contributed by atoms with Crippen molar-refractivity contribution in [1.82, 2.24) is 14.5 Å². The maximum atomic E-state index is 5.76. The number of nitrogens with zero attached hydrogens (tertiary/aromatic N) is 3. The molecule has 0 aliphatic carbocycles. The van der Waals surface area contributed by atoms with E-state index in [1.54, 1.807) is 0 Å². The van der Waals surface area contributed by atoms with Gasteiger partial charge in [0.1, 0.15) is 10.1 Å². The Hall–Kier alpha value is -0.100. The topological polar surface area (TPSA) is 39.9 Å². The van der Waals surface area contributed by atoms with E-state index in [0.717, 1.165) is 15.6 Å². The summed E-state index contributed by atoms with van der Waals surface area (Å²) in [4.78, 5) is 8.77. The molecule has 2 aromatic rings. The maximum absolute atomic E-state index is 5.76. The van der Waals surface area contributed by atoms with Gasteiger partial charge in [0.15, 0.2) is 0 Å². The molecule has 0 unspecified atom stereocenters. The fraction of sp³-hybridized carbons (Fsp3) is 0.500. The third-order valence-corrected chi connectivity index (χ3v) is 2.80. The number of imidazole rings is 1. The fourth-order valence-corrected chi connectivity index (χ4v) is 2.07. The van der Waals surface area contributed by atoms with Crippen LogP contribution in [-0.4, -0.2) is 50.2 Å². The molecule has 93 valence electrons. The summed E-state index contributed by atoms with van der Waals surface area (Å²) in [5.41, 5.74) is 1.85. The summed E-state index contributed by atoms with van der Waals surface area (Å²) in [5, 5.41) is 0. The first-order valence-corrected chi connectivity index (χ1v) is 6.48. The van der Waals surface area contributed by atoms with Gasteiger partial charge in [-0.3, -0.25) is 0 Å². The Morgan fingerprint density at radius 3 is 2.50 bits per heavy atom. The molecule has 0 spiro atoms. The molecule has 0 saturated heterocycles. The SMILES string of the molecule is CC(C)Oc1nc(Br)cc2ncn(C(C)C)c12.[Na]. The molecule has 0 N–H and O–H groups in total. The zero-order chi connectivity index (χ0) is 12.6. The Morgan fingerprint density at radius 2 is 1.94 bits per heavy atom. The number of pyridine rings is 1. The standard InChI is InChI=1S/C12H16BrN3O.Na/c1-7(2)16-6-14-9-5-10(13)15-12(11(9)16)17-8(3)4;/h5-8H,1-4H3;. The largest absolute Gasteiger partial charge is 0.473 e. The molecule has 0 saturated carbocycles. The molecule has 4 nitrogen and oxygen atoms in total. The van der Waals surface area contributed by atoms with Gasteiger partial charge in [0.05, 0.1) is 17.9 Å². The molecule has 2 heterocycles. The Kier molecular flexibility index (Phi) is 5.65. The van der Waals surface area contributed by atoms with Crippen molar-refractivity contribution in [3.63, 3.8) is 0 Å². The average Bonchev–Trinajstić information content (AvgIpc) is 2.59. The van der Waals surface area contributed by atoms with Gasteiger partial charge in [-0.05, 0) is 49.7 Å². The van der Waals surface area contributed by atoms with E-state index in [-0.39, 0.29) is 35.7 Å². The van der Waals surface area contributed by atoms with Crippen molar-refractivity contribution in [2.24, 2.45) is 0 Å². The van der Waals surface area contributed by atoms with Crippen molar-refractivity contribution >= 4 is 56.5 Å². The van der Waals surface area contributed by atoms with E-state index in [4.69, 9.17) is 4.74 Å². The molecule has 1 radical (unpaired) electrons. The second-order valence-corrected chi connectivity index (χ2v) is 5.34. The fourth-order valence-electron chi connectivity index (χ4n) is 1.69. The van der Waals surface area contributed by atoms with E-state index in [1.807, 2.05) is 26.2 Å². The number of hydrogen-bond donors (Lipinski definition) is 0. The van der Waals surface area contributed by atoms with E-state index in [9.17, 15) is 0 Å². The van der Waals surface area contributed by atoms with Crippen molar-refractivity contribution in [3.8, 4) is 5.88 Å². The predicted octanol–water partition coefficient (Wildman–Crippen LogP) is 3.18. The van der Waals surface area contributed by atoms with Gasteiger partial charge in [-0.2, -0.15) is 0 Å². The van der Waals surface area contributed by atoms with Crippen molar-refractivity contribution in [1.29, 1.82) is 0 Å². The zero-order valence-electron chi connectivity index (χ0n) is 11.4. The van der Waals surface area contributed by atoms with Crippen LogP contribution in [0.5, 0.6) is 5.88 Å². The van der Waals surface area contributed by atoms with Crippen LogP contribution in [0.3, 0.4) is 0 Å². The molecule has 0 aliphatic rings. The number of ether oxygens (including phenoxy) is 1. The van der Waals surface area contributed by atoms with Gasteiger partial charge in [0.25, 0.3) is 0 Å². The monoisotopic (exact) mass is 320 g/mol. The van der Waals surface area contributed by atoms with Crippen LogP contribution in [0.25, 0.3) is 11.0 Å². The quantitative estimate of drug-likeness (QED) is 0.644. The molecule has 0 bridgehead atoms. The Labute approximate surface area is 138 Å².